The highest BCUT2D eigenvalue weighted by atomic mass is 16.5. The SMILES string of the molecule is COC(=O)c1c(NC(=O)c2ccccc2)noc1-c1ccccc1. The first kappa shape index (κ1) is 15.5. The average Bonchev–Trinajstić information content (AvgIpc) is 3.06. The van der Waals surface area contributed by atoms with Crippen molar-refractivity contribution in [3.05, 3.63) is 71.8 Å². The molecule has 0 bridgehead atoms. The van der Waals surface area contributed by atoms with E-state index in [1.807, 2.05) is 6.07 Å². The fourth-order valence-electron chi connectivity index (χ4n) is 2.22. The zero-order valence-electron chi connectivity index (χ0n) is 12.9. The average molecular weight is 322 g/mol. The lowest BCUT2D eigenvalue weighted by Gasteiger charge is -2.04. The number of esters is 1. The van der Waals surface area contributed by atoms with E-state index in [9.17, 15) is 9.59 Å². The van der Waals surface area contributed by atoms with Gasteiger partial charge in [-0.2, -0.15) is 0 Å². The van der Waals surface area contributed by atoms with Crippen LogP contribution in [0.1, 0.15) is 20.7 Å². The molecule has 2 aromatic carbocycles. The van der Waals surface area contributed by atoms with E-state index < -0.39 is 11.9 Å². The summed E-state index contributed by atoms with van der Waals surface area (Å²) in [6, 6.07) is 17.6. The smallest absolute Gasteiger partial charge is 0.345 e. The molecule has 3 aromatic rings. The number of methoxy groups -OCH3 is 1. The molecule has 0 saturated heterocycles. The van der Waals surface area contributed by atoms with Crippen molar-refractivity contribution in [3.8, 4) is 11.3 Å². The molecule has 0 saturated carbocycles. The van der Waals surface area contributed by atoms with Crippen LogP contribution in [-0.4, -0.2) is 24.1 Å². The number of nitrogens with zero attached hydrogens (tertiary/aromatic N) is 1. The maximum Gasteiger partial charge on any atom is 0.345 e. The molecule has 0 aliphatic rings. The molecule has 1 amide bonds. The fraction of sp³-hybridized carbons (Fsp3) is 0.0556. The molecule has 0 aliphatic heterocycles. The van der Waals surface area contributed by atoms with Gasteiger partial charge < -0.3 is 14.6 Å². The van der Waals surface area contributed by atoms with E-state index in [0.29, 0.717) is 11.1 Å². The molecule has 6 heteroatoms. The Hall–Kier alpha value is -3.41. The highest BCUT2D eigenvalue weighted by Crippen LogP contribution is 2.30. The molecular formula is C18H14N2O4. The van der Waals surface area contributed by atoms with Gasteiger partial charge in [-0.25, -0.2) is 4.79 Å². The number of aromatic nitrogens is 1. The Bertz CT molecular complexity index is 857. The van der Waals surface area contributed by atoms with Crippen LogP contribution in [0.2, 0.25) is 0 Å². The lowest BCUT2D eigenvalue weighted by Crippen LogP contribution is -2.15. The molecule has 0 fully saturated rings. The number of ether oxygens (including phenoxy) is 1. The maximum atomic E-state index is 12.3. The van der Waals surface area contributed by atoms with Gasteiger partial charge in [0.15, 0.2) is 17.1 Å². The van der Waals surface area contributed by atoms with Gasteiger partial charge in [-0.15, -0.1) is 0 Å². The molecule has 1 N–H and O–H groups in total. The molecule has 24 heavy (non-hydrogen) atoms. The van der Waals surface area contributed by atoms with Gasteiger partial charge in [0.25, 0.3) is 5.91 Å². The van der Waals surface area contributed by atoms with Crippen LogP contribution in [0.25, 0.3) is 11.3 Å². The Labute approximate surface area is 138 Å². The molecule has 1 heterocycles. The third kappa shape index (κ3) is 3.03. The minimum Gasteiger partial charge on any atom is -0.465 e. The minimum atomic E-state index is -0.640. The Kier molecular flexibility index (Phi) is 4.38. The number of carbonyl (C=O) groups is 2. The number of hydrogen-bond acceptors (Lipinski definition) is 5. The summed E-state index contributed by atoms with van der Waals surface area (Å²) in [5, 5.41) is 6.41. The summed E-state index contributed by atoms with van der Waals surface area (Å²) in [7, 11) is 1.26. The van der Waals surface area contributed by atoms with Gasteiger partial charge in [0.2, 0.25) is 0 Å². The zero-order valence-corrected chi connectivity index (χ0v) is 12.9. The first-order valence-corrected chi connectivity index (χ1v) is 7.20. The second kappa shape index (κ2) is 6.78. The van der Waals surface area contributed by atoms with Crippen LogP contribution in [0.4, 0.5) is 5.82 Å². The second-order valence-electron chi connectivity index (χ2n) is 4.91. The van der Waals surface area contributed by atoms with E-state index in [1.165, 1.54) is 7.11 Å². The summed E-state index contributed by atoms with van der Waals surface area (Å²) in [5.41, 5.74) is 1.18. The van der Waals surface area contributed by atoms with Crippen molar-refractivity contribution in [3.63, 3.8) is 0 Å². The lowest BCUT2D eigenvalue weighted by molar-refractivity contribution is 0.0602. The van der Waals surface area contributed by atoms with Crippen molar-refractivity contribution >= 4 is 17.7 Å². The van der Waals surface area contributed by atoms with Gasteiger partial charge in [0, 0.05) is 11.1 Å². The third-order valence-corrected chi connectivity index (χ3v) is 3.39. The number of rotatable bonds is 4. The van der Waals surface area contributed by atoms with Crippen molar-refractivity contribution in [2.75, 3.05) is 12.4 Å². The van der Waals surface area contributed by atoms with Gasteiger partial charge in [-0.3, -0.25) is 4.79 Å². The normalized spacial score (nSPS) is 10.2. The first-order valence-electron chi connectivity index (χ1n) is 7.20. The second-order valence-corrected chi connectivity index (χ2v) is 4.91. The van der Waals surface area contributed by atoms with Gasteiger partial charge in [0.05, 0.1) is 7.11 Å². The van der Waals surface area contributed by atoms with Gasteiger partial charge in [-0.05, 0) is 12.1 Å². The number of benzene rings is 2. The number of anilines is 1. The molecule has 120 valence electrons. The number of carbonyl (C=O) groups excluding carboxylic acids is 2. The van der Waals surface area contributed by atoms with Crippen LogP contribution in [0.3, 0.4) is 0 Å². The number of amides is 1. The van der Waals surface area contributed by atoms with Crippen molar-refractivity contribution in [2.24, 2.45) is 0 Å². The molecule has 0 atom stereocenters. The number of nitrogens with one attached hydrogen (secondary N) is 1. The highest BCUT2D eigenvalue weighted by Gasteiger charge is 2.26. The van der Waals surface area contributed by atoms with E-state index in [2.05, 4.69) is 10.5 Å². The predicted octanol–water partition coefficient (Wildman–Crippen LogP) is 3.38. The van der Waals surface area contributed by atoms with E-state index in [0.717, 1.165) is 0 Å². The van der Waals surface area contributed by atoms with Crippen molar-refractivity contribution in [1.29, 1.82) is 0 Å². The van der Waals surface area contributed by atoms with Crippen LogP contribution in [0.5, 0.6) is 0 Å². The molecule has 0 spiro atoms. The van der Waals surface area contributed by atoms with E-state index in [4.69, 9.17) is 9.26 Å². The Morgan fingerprint density at radius 3 is 2.25 bits per heavy atom. The molecule has 0 aliphatic carbocycles. The van der Waals surface area contributed by atoms with Crippen LogP contribution >= 0.6 is 0 Å². The zero-order chi connectivity index (χ0) is 16.9. The summed E-state index contributed by atoms with van der Waals surface area (Å²) in [6.07, 6.45) is 0. The fourth-order valence-corrected chi connectivity index (χ4v) is 2.22. The molecular weight excluding hydrogens is 308 g/mol. The van der Waals surface area contributed by atoms with Crippen molar-refractivity contribution < 1.29 is 18.8 Å². The Morgan fingerprint density at radius 2 is 1.62 bits per heavy atom. The van der Waals surface area contributed by atoms with E-state index >= 15 is 0 Å². The topological polar surface area (TPSA) is 81.4 Å². The summed E-state index contributed by atoms with van der Waals surface area (Å²) in [4.78, 5) is 24.4. The summed E-state index contributed by atoms with van der Waals surface area (Å²) >= 11 is 0. The minimum absolute atomic E-state index is 0.0227. The molecule has 0 radical (unpaired) electrons. The Morgan fingerprint density at radius 1 is 1.00 bits per heavy atom. The van der Waals surface area contributed by atoms with Crippen LogP contribution in [-0.2, 0) is 4.74 Å². The summed E-state index contributed by atoms with van der Waals surface area (Å²) in [6.45, 7) is 0. The molecule has 3 rings (SSSR count). The molecule has 6 nitrogen and oxygen atoms in total. The van der Waals surface area contributed by atoms with Crippen LogP contribution in [0, 0.1) is 0 Å². The highest BCUT2D eigenvalue weighted by molar-refractivity contribution is 6.09. The van der Waals surface area contributed by atoms with E-state index in [1.54, 1.807) is 54.6 Å². The van der Waals surface area contributed by atoms with Gasteiger partial charge in [0.1, 0.15) is 0 Å². The van der Waals surface area contributed by atoms with Gasteiger partial charge in [-0.1, -0.05) is 53.7 Å². The van der Waals surface area contributed by atoms with Crippen molar-refractivity contribution in [1.82, 2.24) is 5.16 Å². The van der Waals surface area contributed by atoms with Crippen LogP contribution < -0.4 is 5.32 Å². The number of hydrogen-bond donors (Lipinski definition) is 1. The lowest BCUT2D eigenvalue weighted by atomic mass is 10.1. The van der Waals surface area contributed by atoms with Gasteiger partial charge >= 0.3 is 5.97 Å². The van der Waals surface area contributed by atoms with Crippen LogP contribution in [0.15, 0.2) is 65.2 Å². The monoisotopic (exact) mass is 322 g/mol. The quantitative estimate of drug-likeness (QED) is 0.745. The first-order chi connectivity index (χ1) is 11.7. The standard InChI is InChI=1S/C18H14N2O4/c1-23-18(22)14-15(12-8-4-2-5-9-12)24-20-16(14)19-17(21)13-10-6-3-7-11-13/h2-11H,1H3,(H,19,20,21). The van der Waals surface area contributed by atoms with E-state index in [-0.39, 0.29) is 17.1 Å². The summed E-state index contributed by atoms with van der Waals surface area (Å²) in [5.74, 6) is -0.771. The summed E-state index contributed by atoms with van der Waals surface area (Å²) < 4.78 is 10.1. The molecule has 1 aromatic heterocycles. The Balaban J connectivity index is 1.98. The molecule has 0 unspecified atom stereocenters. The third-order valence-electron chi connectivity index (χ3n) is 3.39. The maximum absolute atomic E-state index is 12.3. The largest absolute Gasteiger partial charge is 0.465 e. The van der Waals surface area contributed by atoms with Crippen molar-refractivity contribution in [2.45, 2.75) is 0 Å². The predicted molar refractivity (Wildman–Crippen MR) is 87.7 cm³/mol.